The Morgan fingerprint density at radius 1 is 1.60 bits per heavy atom. The van der Waals surface area contributed by atoms with Crippen LogP contribution < -0.4 is 5.73 Å². The van der Waals surface area contributed by atoms with Crippen molar-refractivity contribution in [2.75, 3.05) is 0 Å². The summed E-state index contributed by atoms with van der Waals surface area (Å²) in [6.07, 6.45) is 6.67. The van der Waals surface area contributed by atoms with Crippen LogP contribution in [0.25, 0.3) is 10.7 Å². The average molecular weight is 377 g/mol. The minimum Gasteiger partial charge on any atom is -0.369 e. The van der Waals surface area contributed by atoms with Gasteiger partial charge in [0.25, 0.3) is 0 Å². The van der Waals surface area contributed by atoms with E-state index in [1.165, 1.54) is 35.0 Å². The second kappa shape index (κ2) is 7.74. The van der Waals surface area contributed by atoms with Crippen LogP contribution in [0.3, 0.4) is 0 Å². The Labute approximate surface area is 156 Å². The van der Waals surface area contributed by atoms with E-state index in [-0.39, 0.29) is 11.2 Å². The van der Waals surface area contributed by atoms with Gasteiger partial charge >= 0.3 is 0 Å². The van der Waals surface area contributed by atoms with Crippen LogP contribution in [0.4, 0.5) is 0 Å². The smallest absolute Gasteiger partial charge is 0.230 e. The molecule has 0 saturated carbocycles. The number of amides is 1. The molecule has 2 N–H and O–H groups in total. The number of primary amides is 1. The fourth-order valence-electron chi connectivity index (χ4n) is 3.13. The van der Waals surface area contributed by atoms with Gasteiger partial charge in [0, 0.05) is 11.4 Å². The number of thiophene rings is 1. The van der Waals surface area contributed by atoms with Crippen molar-refractivity contribution < 1.29 is 4.79 Å². The van der Waals surface area contributed by atoms with Crippen molar-refractivity contribution in [3.8, 4) is 10.7 Å². The Balaban J connectivity index is 1.92. The number of aromatic nitrogens is 3. The normalized spacial score (nSPS) is 17.9. The van der Waals surface area contributed by atoms with E-state index in [2.05, 4.69) is 29.8 Å². The second-order valence-electron chi connectivity index (χ2n) is 6.44. The molecular formula is C18H24N4OS2. The first kappa shape index (κ1) is 18.2. The third-order valence-corrected chi connectivity index (χ3v) is 7.03. The van der Waals surface area contributed by atoms with E-state index in [0.717, 1.165) is 29.5 Å². The van der Waals surface area contributed by atoms with Gasteiger partial charge in [-0.3, -0.25) is 9.36 Å². The quantitative estimate of drug-likeness (QED) is 0.591. The molecule has 0 aromatic carbocycles. The predicted molar refractivity (Wildman–Crippen MR) is 104 cm³/mol. The molecule has 5 nitrogen and oxygen atoms in total. The first-order valence-electron chi connectivity index (χ1n) is 8.65. The molecule has 1 aliphatic carbocycles. The molecule has 0 aliphatic heterocycles. The molecule has 0 fully saturated rings. The topological polar surface area (TPSA) is 73.8 Å². The highest BCUT2D eigenvalue weighted by Gasteiger charge is 2.24. The van der Waals surface area contributed by atoms with Crippen LogP contribution in [0.2, 0.25) is 0 Å². The summed E-state index contributed by atoms with van der Waals surface area (Å²) in [6.45, 7) is 8.50. The highest BCUT2D eigenvalue weighted by molar-refractivity contribution is 8.00. The van der Waals surface area contributed by atoms with E-state index in [1.807, 2.05) is 22.0 Å². The highest BCUT2D eigenvalue weighted by atomic mass is 32.2. The maximum absolute atomic E-state index is 11.4. The molecule has 2 heterocycles. The lowest BCUT2D eigenvalue weighted by Crippen LogP contribution is -2.23. The first-order valence-corrected chi connectivity index (χ1v) is 10.3. The van der Waals surface area contributed by atoms with Crippen LogP contribution in [0.5, 0.6) is 0 Å². The minimum absolute atomic E-state index is 0.345. The number of rotatable bonds is 7. The summed E-state index contributed by atoms with van der Waals surface area (Å²) in [5.41, 5.74) is 6.85. The standard InChI is InChI=1S/C18H24N4OS2/c1-4-8-22-17(20-21-18(22)24-11(3)16(19)23)15-10-13-9-12(5-2)6-7-14(13)25-15/h4,10-12H,1,5-9H2,2-3H3,(H2,19,23). The molecule has 2 aromatic heterocycles. The lowest BCUT2D eigenvalue weighted by molar-refractivity contribution is -0.117. The van der Waals surface area contributed by atoms with Gasteiger partial charge < -0.3 is 5.73 Å². The zero-order valence-electron chi connectivity index (χ0n) is 14.7. The number of thioether (sulfide) groups is 1. The summed E-state index contributed by atoms with van der Waals surface area (Å²) in [5, 5.41) is 9.06. The maximum atomic E-state index is 11.4. The summed E-state index contributed by atoms with van der Waals surface area (Å²) in [7, 11) is 0. The molecule has 3 rings (SSSR count). The van der Waals surface area contributed by atoms with Gasteiger partial charge in [0.2, 0.25) is 5.91 Å². The van der Waals surface area contributed by atoms with Crippen molar-refractivity contribution in [2.24, 2.45) is 11.7 Å². The molecule has 0 spiro atoms. The van der Waals surface area contributed by atoms with Gasteiger partial charge in [0.15, 0.2) is 11.0 Å². The van der Waals surface area contributed by atoms with Gasteiger partial charge in [-0.25, -0.2) is 0 Å². The minimum atomic E-state index is -0.350. The van der Waals surface area contributed by atoms with Crippen molar-refractivity contribution in [3.05, 3.63) is 29.2 Å². The monoisotopic (exact) mass is 376 g/mol. The van der Waals surface area contributed by atoms with Crippen LogP contribution in [0.1, 0.15) is 37.1 Å². The van der Waals surface area contributed by atoms with E-state index in [4.69, 9.17) is 5.73 Å². The lowest BCUT2D eigenvalue weighted by atomic mass is 9.87. The Morgan fingerprint density at radius 2 is 2.40 bits per heavy atom. The summed E-state index contributed by atoms with van der Waals surface area (Å²) < 4.78 is 2.02. The van der Waals surface area contributed by atoms with Crippen LogP contribution >= 0.6 is 23.1 Å². The third-order valence-electron chi connectivity index (χ3n) is 4.69. The predicted octanol–water partition coefficient (Wildman–Crippen LogP) is 3.67. The third kappa shape index (κ3) is 3.82. The Morgan fingerprint density at radius 3 is 3.08 bits per heavy atom. The Hall–Kier alpha value is -1.60. The zero-order chi connectivity index (χ0) is 18.0. The highest BCUT2D eigenvalue weighted by Crippen LogP contribution is 2.38. The van der Waals surface area contributed by atoms with Crippen molar-refractivity contribution in [3.63, 3.8) is 0 Å². The van der Waals surface area contributed by atoms with Crippen molar-refractivity contribution >= 4 is 29.0 Å². The second-order valence-corrected chi connectivity index (χ2v) is 8.89. The summed E-state index contributed by atoms with van der Waals surface area (Å²) >= 11 is 3.17. The molecular weight excluding hydrogens is 352 g/mol. The van der Waals surface area contributed by atoms with Crippen molar-refractivity contribution in [1.82, 2.24) is 14.8 Å². The summed E-state index contributed by atoms with van der Waals surface area (Å²) in [6, 6.07) is 2.28. The molecule has 0 radical (unpaired) electrons. The molecule has 2 aromatic rings. The fourth-order valence-corrected chi connectivity index (χ4v) is 5.14. The van der Waals surface area contributed by atoms with Crippen molar-refractivity contribution in [2.45, 2.75) is 56.5 Å². The largest absolute Gasteiger partial charge is 0.369 e. The van der Waals surface area contributed by atoms with E-state index >= 15 is 0 Å². The number of nitrogens with zero attached hydrogens (tertiary/aromatic N) is 3. The molecule has 0 saturated heterocycles. The molecule has 1 amide bonds. The number of carbonyl (C=O) groups excluding carboxylic acids is 1. The van der Waals surface area contributed by atoms with Gasteiger partial charge in [-0.05, 0) is 43.7 Å². The number of hydrogen-bond donors (Lipinski definition) is 1. The van der Waals surface area contributed by atoms with Crippen LogP contribution in [-0.4, -0.2) is 25.9 Å². The lowest BCUT2D eigenvalue weighted by Gasteiger charge is -2.19. The SMILES string of the molecule is C=CCn1c(SC(C)C(N)=O)nnc1-c1cc2c(s1)CCC(CC)C2. The Bertz CT molecular complexity index is 780. The molecule has 0 bridgehead atoms. The first-order chi connectivity index (χ1) is 12.0. The van der Waals surface area contributed by atoms with Gasteiger partial charge in [0.05, 0.1) is 10.1 Å². The van der Waals surface area contributed by atoms with E-state index in [1.54, 1.807) is 6.92 Å². The van der Waals surface area contributed by atoms with Gasteiger partial charge in [0.1, 0.15) is 0 Å². The summed E-state index contributed by atoms with van der Waals surface area (Å²) in [4.78, 5) is 14.0. The maximum Gasteiger partial charge on any atom is 0.230 e. The fraction of sp³-hybridized carbons (Fsp3) is 0.500. The Kier molecular flexibility index (Phi) is 5.64. The molecule has 2 unspecified atom stereocenters. The van der Waals surface area contributed by atoms with E-state index in [9.17, 15) is 4.79 Å². The van der Waals surface area contributed by atoms with Crippen LogP contribution in [0.15, 0.2) is 23.9 Å². The number of allylic oxidation sites excluding steroid dienone is 1. The molecule has 1 aliphatic rings. The van der Waals surface area contributed by atoms with E-state index in [0.29, 0.717) is 11.7 Å². The van der Waals surface area contributed by atoms with Crippen LogP contribution in [0, 0.1) is 5.92 Å². The molecule has 2 atom stereocenters. The van der Waals surface area contributed by atoms with Gasteiger partial charge in [-0.15, -0.1) is 28.1 Å². The van der Waals surface area contributed by atoms with Crippen molar-refractivity contribution in [1.29, 1.82) is 0 Å². The van der Waals surface area contributed by atoms with Gasteiger partial charge in [-0.2, -0.15) is 0 Å². The average Bonchev–Trinajstić information content (AvgIpc) is 3.18. The number of aryl methyl sites for hydroxylation is 1. The van der Waals surface area contributed by atoms with E-state index < -0.39 is 0 Å². The zero-order valence-corrected chi connectivity index (χ0v) is 16.3. The molecule has 134 valence electrons. The molecule has 7 heteroatoms. The summed E-state index contributed by atoms with van der Waals surface area (Å²) in [5.74, 6) is 1.30. The number of nitrogens with two attached hydrogens (primary N) is 1. The number of hydrogen-bond acceptors (Lipinski definition) is 5. The number of fused-ring (bicyclic) bond motifs is 1. The van der Waals surface area contributed by atoms with Crippen LogP contribution in [-0.2, 0) is 24.2 Å². The van der Waals surface area contributed by atoms with Gasteiger partial charge in [-0.1, -0.05) is 31.2 Å². The number of carbonyl (C=O) groups is 1. The molecule has 25 heavy (non-hydrogen) atoms.